The van der Waals surface area contributed by atoms with Crippen LogP contribution in [-0.2, 0) is 9.47 Å². The molecule has 1 aromatic carbocycles. The van der Waals surface area contributed by atoms with Gasteiger partial charge in [-0.15, -0.1) is 0 Å². The third-order valence-electron chi connectivity index (χ3n) is 3.48. The van der Waals surface area contributed by atoms with Crippen LogP contribution in [-0.4, -0.2) is 39.7 Å². The van der Waals surface area contributed by atoms with Crippen LogP contribution in [0.4, 0.5) is 5.69 Å². The summed E-state index contributed by atoms with van der Waals surface area (Å²) < 4.78 is 10.3. The van der Waals surface area contributed by atoms with Crippen molar-refractivity contribution < 1.29 is 29.1 Å². The highest BCUT2D eigenvalue weighted by molar-refractivity contribution is 5.96. The molecule has 0 saturated carbocycles. The van der Waals surface area contributed by atoms with E-state index in [2.05, 4.69) is 0 Å². The number of hydrogen-bond acceptors (Lipinski definition) is 8. The first kappa shape index (κ1) is 19.6. The summed E-state index contributed by atoms with van der Waals surface area (Å²) in [5, 5.41) is 21.2. The largest absolute Gasteiger partial charge is 0.494 e. The maximum Gasteiger partial charge on any atom is 0.343 e. The average molecular weight is 376 g/mol. The van der Waals surface area contributed by atoms with Crippen LogP contribution in [0.25, 0.3) is 5.69 Å². The van der Waals surface area contributed by atoms with Gasteiger partial charge in [-0.2, -0.15) is 0 Å². The first-order valence-corrected chi connectivity index (χ1v) is 7.89. The summed E-state index contributed by atoms with van der Waals surface area (Å²) in [7, 11) is 0. The van der Waals surface area contributed by atoms with Gasteiger partial charge in [-0.05, 0) is 32.0 Å². The fraction of sp³-hybridized carbons (Fsp3) is 0.235. The molecule has 1 aromatic heterocycles. The minimum Gasteiger partial charge on any atom is -0.494 e. The Labute approximate surface area is 152 Å². The van der Waals surface area contributed by atoms with Crippen molar-refractivity contribution in [1.82, 2.24) is 4.57 Å². The highest BCUT2D eigenvalue weighted by Crippen LogP contribution is 2.23. The summed E-state index contributed by atoms with van der Waals surface area (Å²) in [6.07, 6.45) is 0. The lowest BCUT2D eigenvalue weighted by molar-refractivity contribution is -0.384. The van der Waals surface area contributed by atoms with E-state index in [1.54, 1.807) is 13.8 Å². The molecular weight excluding hydrogens is 360 g/mol. The lowest BCUT2D eigenvalue weighted by Gasteiger charge is -2.14. The van der Waals surface area contributed by atoms with Crippen LogP contribution in [0.1, 0.15) is 34.6 Å². The number of nitrogens with zero attached hydrogens (tertiary/aromatic N) is 2. The van der Waals surface area contributed by atoms with Gasteiger partial charge in [-0.1, -0.05) is 0 Å². The quantitative estimate of drug-likeness (QED) is 0.457. The molecule has 0 bridgehead atoms. The molecule has 0 spiro atoms. The molecule has 0 saturated heterocycles. The molecule has 0 atom stereocenters. The second-order valence-electron chi connectivity index (χ2n) is 5.15. The molecule has 0 fully saturated rings. The van der Waals surface area contributed by atoms with E-state index in [-0.39, 0.29) is 24.6 Å². The predicted octanol–water partition coefficient (Wildman–Crippen LogP) is 1.80. The molecule has 2 aromatic rings. The van der Waals surface area contributed by atoms with Crippen LogP contribution in [0, 0.1) is 10.1 Å². The molecule has 27 heavy (non-hydrogen) atoms. The number of nitro groups is 1. The van der Waals surface area contributed by atoms with Gasteiger partial charge in [0.1, 0.15) is 11.1 Å². The number of rotatable bonds is 6. The molecule has 0 radical (unpaired) electrons. The summed E-state index contributed by atoms with van der Waals surface area (Å²) in [5.74, 6) is -2.69. The van der Waals surface area contributed by atoms with E-state index in [0.29, 0.717) is 4.57 Å². The third kappa shape index (κ3) is 3.94. The van der Waals surface area contributed by atoms with Crippen molar-refractivity contribution in [2.45, 2.75) is 13.8 Å². The molecule has 1 N–H and O–H groups in total. The summed E-state index contributed by atoms with van der Waals surface area (Å²) in [6, 6.07) is 5.52. The lowest BCUT2D eigenvalue weighted by atomic mass is 10.1. The van der Waals surface area contributed by atoms with Gasteiger partial charge >= 0.3 is 11.9 Å². The fourth-order valence-corrected chi connectivity index (χ4v) is 2.28. The number of non-ortho nitro benzene ring substituents is 1. The number of pyridine rings is 1. The number of nitro benzene ring substituents is 1. The Balaban J connectivity index is 2.74. The van der Waals surface area contributed by atoms with Crippen molar-refractivity contribution in [3.63, 3.8) is 0 Å². The number of hydrogen-bond donors (Lipinski definition) is 1. The Morgan fingerprint density at radius 1 is 1.07 bits per heavy atom. The van der Waals surface area contributed by atoms with Crippen molar-refractivity contribution in [3.8, 4) is 11.6 Å². The predicted molar refractivity (Wildman–Crippen MR) is 92.3 cm³/mol. The topological polar surface area (TPSA) is 138 Å². The van der Waals surface area contributed by atoms with Gasteiger partial charge in [-0.3, -0.25) is 14.9 Å². The van der Waals surface area contributed by atoms with Crippen molar-refractivity contribution in [2.75, 3.05) is 13.2 Å². The van der Waals surface area contributed by atoms with E-state index in [1.807, 2.05) is 0 Å². The molecule has 0 unspecified atom stereocenters. The van der Waals surface area contributed by atoms with Crippen LogP contribution in [0.3, 0.4) is 0 Å². The maximum atomic E-state index is 12.7. The van der Waals surface area contributed by atoms with Crippen molar-refractivity contribution in [1.29, 1.82) is 0 Å². The molecule has 0 aliphatic rings. The minimum atomic E-state index is -0.983. The normalized spacial score (nSPS) is 10.3. The second-order valence-corrected chi connectivity index (χ2v) is 5.15. The third-order valence-corrected chi connectivity index (χ3v) is 3.48. The standard InChI is InChI=1S/C17H16N2O8/c1-3-26-16(22)12-9-13(17(23)27-4-2)15(21)18(14(12)20)10-5-7-11(8-6-10)19(24)25/h5-9,20H,3-4H2,1-2H3. The molecule has 0 aliphatic carbocycles. The molecule has 0 amide bonds. The number of ether oxygens (including phenoxy) is 2. The molecule has 142 valence electrons. The first-order chi connectivity index (χ1) is 12.8. The van der Waals surface area contributed by atoms with E-state index in [1.165, 1.54) is 12.1 Å². The zero-order chi connectivity index (χ0) is 20.1. The van der Waals surface area contributed by atoms with Crippen molar-refractivity contribution in [3.05, 3.63) is 61.9 Å². The van der Waals surface area contributed by atoms with Gasteiger partial charge in [-0.25, -0.2) is 14.2 Å². The Hall–Kier alpha value is -3.69. The number of benzene rings is 1. The van der Waals surface area contributed by atoms with Crippen LogP contribution < -0.4 is 5.56 Å². The molecule has 0 aliphatic heterocycles. The minimum absolute atomic E-state index is 0.00364. The lowest BCUT2D eigenvalue weighted by Crippen LogP contribution is -2.28. The number of carbonyl (C=O) groups excluding carboxylic acids is 2. The van der Waals surface area contributed by atoms with Gasteiger partial charge in [0.25, 0.3) is 11.2 Å². The van der Waals surface area contributed by atoms with Crippen molar-refractivity contribution in [2.24, 2.45) is 0 Å². The number of carbonyl (C=O) groups is 2. The van der Waals surface area contributed by atoms with E-state index in [9.17, 15) is 29.6 Å². The fourth-order valence-electron chi connectivity index (χ4n) is 2.28. The Kier molecular flexibility index (Phi) is 5.91. The summed E-state index contributed by atoms with van der Waals surface area (Å²) >= 11 is 0. The number of aromatic nitrogens is 1. The molecular formula is C17H16N2O8. The van der Waals surface area contributed by atoms with Crippen LogP contribution in [0.5, 0.6) is 5.88 Å². The van der Waals surface area contributed by atoms with Gasteiger partial charge in [0.15, 0.2) is 0 Å². The van der Waals surface area contributed by atoms with Gasteiger partial charge in [0, 0.05) is 12.1 Å². The Morgan fingerprint density at radius 3 is 2.07 bits per heavy atom. The van der Waals surface area contributed by atoms with Gasteiger partial charge in [0.2, 0.25) is 5.88 Å². The van der Waals surface area contributed by atoms with Crippen LogP contribution >= 0.6 is 0 Å². The zero-order valence-electron chi connectivity index (χ0n) is 14.5. The van der Waals surface area contributed by atoms with Crippen LogP contribution in [0.2, 0.25) is 0 Å². The maximum absolute atomic E-state index is 12.7. The second kappa shape index (κ2) is 8.13. The number of aromatic hydroxyl groups is 1. The summed E-state index contributed by atoms with van der Waals surface area (Å²) in [4.78, 5) is 47.0. The molecule has 10 nitrogen and oxygen atoms in total. The van der Waals surface area contributed by atoms with Gasteiger partial charge in [0.05, 0.1) is 23.8 Å². The van der Waals surface area contributed by atoms with E-state index in [0.717, 1.165) is 18.2 Å². The Morgan fingerprint density at radius 2 is 1.59 bits per heavy atom. The monoisotopic (exact) mass is 376 g/mol. The SMILES string of the molecule is CCOC(=O)c1cc(C(=O)OCC)c(=O)n(-c2ccc([N+](=O)[O-])cc2)c1O. The van der Waals surface area contributed by atoms with Gasteiger partial charge < -0.3 is 14.6 Å². The smallest absolute Gasteiger partial charge is 0.343 e. The van der Waals surface area contributed by atoms with E-state index in [4.69, 9.17) is 9.47 Å². The van der Waals surface area contributed by atoms with E-state index >= 15 is 0 Å². The Bertz CT molecular complexity index is 947. The average Bonchev–Trinajstić information content (AvgIpc) is 2.62. The first-order valence-electron chi connectivity index (χ1n) is 7.89. The molecule has 2 rings (SSSR count). The zero-order valence-corrected chi connectivity index (χ0v) is 14.5. The van der Waals surface area contributed by atoms with Crippen LogP contribution in [0.15, 0.2) is 35.1 Å². The van der Waals surface area contributed by atoms with E-state index < -0.39 is 39.4 Å². The summed E-state index contributed by atoms with van der Waals surface area (Å²) in [5.41, 5.74) is -2.08. The highest BCUT2D eigenvalue weighted by Gasteiger charge is 2.25. The number of esters is 2. The summed E-state index contributed by atoms with van der Waals surface area (Å²) in [6.45, 7) is 3.09. The highest BCUT2D eigenvalue weighted by atomic mass is 16.6. The molecule has 10 heteroatoms. The van der Waals surface area contributed by atoms with Crippen molar-refractivity contribution >= 4 is 17.6 Å². The molecule has 1 heterocycles.